The van der Waals surface area contributed by atoms with E-state index in [1.54, 1.807) is 0 Å². The summed E-state index contributed by atoms with van der Waals surface area (Å²) < 4.78 is 6.15. The lowest BCUT2D eigenvalue weighted by molar-refractivity contribution is -0.0509. The summed E-state index contributed by atoms with van der Waals surface area (Å²) in [5.74, 6) is 0. The summed E-state index contributed by atoms with van der Waals surface area (Å²) in [6, 6.07) is 20.8. The molecule has 0 saturated heterocycles. The Morgan fingerprint density at radius 3 is 2.00 bits per heavy atom. The third kappa shape index (κ3) is 2.99. The smallest absolute Gasteiger partial charge is 0.0905 e. The van der Waals surface area contributed by atoms with Crippen molar-refractivity contribution in [1.29, 1.82) is 0 Å². The zero-order valence-electron chi connectivity index (χ0n) is 11.1. The molecular formula is C17H20O. The second-order valence-corrected chi connectivity index (χ2v) is 4.72. The van der Waals surface area contributed by atoms with Crippen LogP contribution in [0.5, 0.6) is 0 Å². The van der Waals surface area contributed by atoms with Crippen molar-refractivity contribution in [2.75, 3.05) is 0 Å². The summed E-state index contributed by atoms with van der Waals surface area (Å²) in [6.45, 7) is 4.98. The highest BCUT2D eigenvalue weighted by molar-refractivity contribution is 5.22. The Bertz CT molecular complexity index is 463. The van der Waals surface area contributed by atoms with Crippen LogP contribution in [0.2, 0.25) is 0 Å². The second-order valence-electron chi connectivity index (χ2n) is 4.72. The van der Waals surface area contributed by atoms with E-state index in [2.05, 4.69) is 50.2 Å². The molecule has 0 radical (unpaired) electrons. The molecule has 2 aromatic rings. The molecule has 1 nitrogen and oxygen atoms in total. The highest BCUT2D eigenvalue weighted by Crippen LogP contribution is 2.29. The molecule has 2 rings (SSSR count). The Balaban J connectivity index is 2.10. The molecule has 0 aliphatic rings. The van der Waals surface area contributed by atoms with Crippen LogP contribution in [0, 0.1) is 0 Å². The third-order valence-electron chi connectivity index (χ3n) is 3.46. The van der Waals surface area contributed by atoms with Crippen LogP contribution >= 0.6 is 0 Å². The molecule has 0 heterocycles. The first kappa shape index (κ1) is 12.8. The van der Waals surface area contributed by atoms with Gasteiger partial charge in [-0.1, -0.05) is 67.6 Å². The zero-order chi connectivity index (χ0) is 12.8. The Morgan fingerprint density at radius 2 is 1.44 bits per heavy atom. The zero-order valence-corrected chi connectivity index (χ0v) is 11.1. The van der Waals surface area contributed by atoms with Gasteiger partial charge in [-0.2, -0.15) is 0 Å². The van der Waals surface area contributed by atoms with E-state index < -0.39 is 0 Å². The van der Waals surface area contributed by atoms with E-state index in [0.717, 1.165) is 6.42 Å². The van der Waals surface area contributed by atoms with E-state index in [1.807, 2.05) is 24.3 Å². The Morgan fingerprint density at radius 1 is 0.889 bits per heavy atom. The quantitative estimate of drug-likeness (QED) is 0.746. The molecule has 1 heteroatoms. The van der Waals surface area contributed by atoms with Crippen molar-refractivity contribution >= 4 is 0 Å². The molecule has 0 aromatic heterocycles. The Kier molecular flexibility index (Phi) is 4.16. The van der Waals surface area contributed by atoms with Crippen molar-refractivity contribution in [3.05, 3.63) is 71.8 Å². The Hall–Kier alpha value is -1.60. The fourth-order valence-electron chi connectivity index (χ4n) is 2.00. The van der Waals surface area contributed by atoms with Crippen molar-refractivity contribution in [2.24, 2.45) is 0 Å². The van der Waals surface area contributed by atoms with E-state index in [9.17, 15) is 0 Å². The van der Waals surface area contributed by atoms with E-state index in [4.69, 9.17) is 4.74 Å². The van der Waals surface area contributed by atoms with Gasteiger partial charge in [-0.25, -0.2) is 0 Å². The predicted octanol–water partition coefficient (Wildman–Crippen LogP) is 4.53. The van der Waals surface area contributed by atoms with Crippen molar-refractivity contribution in [3.63, 3.8) is 0 Å². The molecule has 0 saturated carbocycles. The Labute approximate surface area is 109 Å². The van der Waals surface area contributed by atoms with Gasteiger partial charge in [0.25, 0.3) is 0 Å². The molecule has 0 fully saturated rings. The predicted molar refractivity (Wildman–Crippen MR) is 75.3 cm³/mol. The van der Waals surface area contributed by atoms with Crippen LogP contribution in [0.25, 0.3) is 0 Å². The third-order valence-corrected chi connectivity index (χ3v) is 3.46. The van der Waals surface area contributed by atoms with E-state index in [0.29, 0.717) is 6.61 Å². The van der Waals surface area contributed by atoms with Crippen LogP contribution < -0.4 is 0 Å². The number of rotatable bonds is 5. The topological polar surface area (TPSA) is 9.23 Å². The van der Waals surface area contributed by atoms with Crippen molar-refractivity contribution in [2.45, 2.75) is 32.5 Å². The standard InChI is InChI=1S/C17H20O/c1-3-17(2,16-12-8-5-9-13-16)18-14-15-10-6-4-7-11-15/h4-13H,3,14H2,1-2H3/t17-/m1/s1. The lowest BCUT2D eigenvalue weighted by Gasteiger charge is -2.29. The highest BCUT2D eigenvalue weighted by atomic mass is 16.5. The average molecular weight is 240 g/mol. The van der Waals surface area contributed by atoms with Crippen LogP contribution in [-0.2, 0) is 16.9 Å². The summed E-state index contributed by atoms with van der Waals surface area (Å²) >= 11 is 0. The first-order valence-corrected chi connectivity index (χ1v) is 6.48. The van der Waals surface area contributed by atoms with Gasteiger partial charge in [-0.05, 0) is 24.5 Å². The minimum absolute atomic E-state index is 0.211. The minimum Gasteiger partial charge on any atom is -0.366 e. The van der Waals surface area contributed by atoms with Crippen LogP contribution in [0.4, 0.5) is 0 Å². The molecule has 2 aromatic carbocycles. The summed E-state index contributed by atoms with van der Waals surface area (Å²) in [5.41, 5.74) is 2.24. The van der Waals surface area contributed by atoms with Crippen LogP contribution in [0.15, 0.2) is 60.7 Å². The largest absolute Gasteiger partial charge is 0.366 e. The molecule has 0 aliphatic carbocycles. The molecule has 0 unspecified atom stereocenters. The monoisotopic (exact) mass is 240 g/mol. The normalized spacial score (nSPS) is 14.1. The summed E-state index contributed by atoms with van der Waals surface area (Å²) in [5, 5.41) is 0. The van der Waals surface area contributed by atoms with Gasteiger partial charge >= 0.3 is 0 Å². The number of benzene rings is 2. The number of ether oxygens (including phenoxy) is 1. The SMILES string of the molecule is CC[C@@](C)(OCc1ccccc1)c1ccccc1. The number of hydrogen-bond acceptors (Lipinski definition) is 1. The van der Waals surface area contributed by atoms with Gasteiger partial charge < -0.3 is 4.74 Å². The van der Waals surface area contributed by atoms with E-state index in [1.165, 1.54) is 11.1 Å². The molecule has 0 aliphatic heterocycles. The maximum absolute atomic E-state index is 6.15. The lowest BCUT2D eigenvalue weighted by Crippen LogP contribution is -2.24. The molecule has 0 N–H and O–H groups in total. The van der Waals surface area contributed by atoms with Gasteiger partial charge in [-0.15, -0.1) is 0 Å². The summed E-state index contributed by atoms with van der Waals surface area (Å²) in [7, 11) is 0. The lowest BCUT2D eigenvalue weighted by atomic mass is 9.93. The van der Waals surface area contributed by atoms with Gasteiger partial charge in [0.1, 0.15) is 0 Å². The molecule has 0 amide bonds. The molecule has 0 spiro atoms. The van der Waals surface area contributed by atoms with Gasteiger partial charge in [-0.3, -0.25) is 0 Å². The summed E-state index contributed by atoms with van der Waals surface area (Å²) in [6.07, 6.45) is 0.962. The molecule has 0 bridgehead atoms. The molecule has 94 valence electrons. The first-order chi connectivity index (χ1) is 8.74. The fraction of sp³-hybridized carbons (Fsp3) is 0.294. The van der Waals surface area contributed by atoms with Crippen molar-refractivity contribution in [3.8, 4) is 0 Å². The van der Waals surface area contributed by atoms with Crippen LogP contribution in [0.3, 0.4) is 0 Å². The van der Waals surface area contributed by atoms with Gasteiger partial charge in [0.05, 0.1) is 12.2 Å². The summed E-state index contributed by atoms with van der Waals surface area (Å²) in [4.78, 5) is 0. The second kappa shape index (κ2) is 5.83. The van der Waals surface area contributed by atoms with E-state index >= 15 is 0 Å². The molecule has 18 heavy (non-hydrogen) atoms. The highest BCUT2D eigenvalue weighted by Gasteiger charge is 2.24. The van der Waals surface area contributed by atoms with Crippen LogP contribution in [-0.4, -0.2) is 0 Å². The maximum Gasteiger partial charge on any atom is 0.0905 e. The minimum atomic E-state index is -0.211. The van der Waals surface area contributed by atoms with Gasteiger partial charge in [0.2, 0.25) is 0 Å². The van der Waals surface area contributed by atoms with Crippen molar-refractivity contribution in [1.82, 2.24) is 0 Å². The van der Waals surface area contributed by atoms with Gasteiger partial charge in [0.15, 0.2) is 0 Å². The first-order valence-electron chi connectivity index (χ1n) is 6.48. The molecular weight excluding hydrogens is 220 g/mol. The molecule has 1 atom stereocenters. The maximum atomic E-state index is 6.15. The number of hydrogen-bond donors (Lipinski definition) is 0. The fourth-order valence-corrected chi connectivity index (χ4v) is 2.00. The average Bonchev–Trinajstić information content (AvgIpc) is 2.47. The van der Waals surface area contributed by atoms with Crippen molar-refractivity contribution < 1.29 is 4.74 Å². The van der Waals surface area contributed by atoms with Gasteiger partial charge in [0, 0.05) is 0 Å². The van der Waals surface area contributed by atoms with E-state index in [-0.39, 0.29) is 5.60 Å². The van der Waals surface area contributed by atoms with Crippen LogP contribution in [0.1, 0.15) is 31.4 Å².